The molecule has 2 aromatic rings. The zero-order valence-corrected chi connectivity index (χ0v) is 12.8. The molecule has 0 saturated heterocycles. The van der Waals surface area contributed by atoms with Crippen molar-refractivity contribution in [1.82, 2.24) is 15.0 Å². The van der Waals surface area contributed by atoms with Crippen LogP contribution in [-0.4, -0.2) is 32.4 Å². The zero-order chi connectivity index (χ0) is 16.2. The van der Waals surface area contributed by atoms with E-state index in [0.717, 1.165) is 30.4 Å². The molecule has 1 aliphatic rings. The van der Waals surface area contributed by atoms with Crippen molar-refractivity contribution in [1.29, 1.82) is 0 Å². The Morgan fingerprint density at radius 2 is 1.91 bits per heavy atom. The van der Waals surface area contributed by atoms with Crippen molar-refractivity contribution in [3.05, 3.63) is 46.8 Å². The summed E-state index contributed by atoms with van der Waals surface area (Å²) < 4.78 is 1.79. The Hall–Kier alpha value is -2.50. The van der Waals surface area contributed by atoms with E-state index in [4.69, 9.17) is 5.11 Å². The fraction of sp³-hybridized carbons (Fsp3) is 0.412. The predicted molar refractivity (Wildman–Crippen MR) is 83.7 cm³/mol. The van der Waals surface area contributed by atoms with Gasteiger partial charge >= 0.3 is 5.97 Å². The van der Waals surface area contributed by atoms with Crippen LogP contribution < -0.4 is 0 Å². The van der Waals surface area contributed by atoms with Crippen LogP contribution in [0.2, 0.25) is 0 Å². The Bertz CT molecular complexity index is 700. The van der Waals surface area contributed by atoms with Gasteiger partial charge in [0.1, 0.15) is 5.69 Å². The molecule has 1 aromatic heterocycles. The van der Waals surface area contributed by atoms with E-state index in [1.807, 2.05) is 0 Å². The van der Waals surface area contributed by atoms with Gasteiger partial charge in [0.05, 0.1) is 17.8 Å². The van der Waals surface area contributed by atoms with Crippen LogP contribution in [0.1, 0.15) is 70.1 Å². The average Bonchev–Trinajstić information content (AvgIpc) is 2.99. The fourth-order valence-electron chi connectivity index (χ4n) is 3.26. The molecule has 6 nitrogen and oxygen atoms in total. The van der Waals surface area contributed by atoms with Crippen LogP contribution in [0.5, 0.6) is 0 Å². The first kappa shape index (κ1) is 15.4. The van der Waals surface area contributed by atoms with E-state index < -0.39 is 5.97 Å². The number of hydrogen-bond donors (Lipinski definition) is 1. The molecule has 23 heavy (non-hydrogen) atoms. The lowest BCUT2D eigenvalue weighted by atomic mass is 9.86. The molecule has 0 radical (unpaired) electrons. The minimum absolute atomic E-state index is 0.258. The van der Waals surface area contributed by atoms with Crippen molar-refractivity contribution < 1.29 is 14.7 Å². The van der Waals surface area contributed by atoms with Crippen molar-refractivity contribution in [2.45, 2.75) is 44.6 Å². The standard InChI is InChI=1S/C17H19N3O3/c21-11-15-16(13-4-2-1-3-5-13)20(19-18-15)10-12-6-8-14(9-7-12)17(22)23/h6-9,11,13H,1-5,10H2,(H,22,23). The quantitative estimate of drug-likeness (QED) is 0.858. The summed E-state index contributed by atoms with van der Waals surface area (Å²) in [4.78, 5) is 22.2. The van der Waals surface area contributed by atoms with Gasteiger partial charge in [-0.3, -0.25) is 4.79 Å². The summed E-state index contributed by atoms with van der Waals surface area (Å²) in [5.41, 5.74) is 2.55. The van der Waals surface area contributed by atoms with E-state index in [-0.39, 0.29) is 5.56 Å². The molecule has 0 spiro atoms. The maximum absolute atomic E-state index is 11.3. The number of aromatic nitrogens is 3. The summed E-state index contributed by atoms with van der Waals surface area (Å²) in [6, 6.07) is 6.71. The minimum atomic E-state index is -0.941. The monoisotopic (exact) mass is 313 g/mol. The van der Waals surface area contributed by atoms with Crippen LogP contribution in [0.3, 0.4) is 0 Å². The first-order valence-electron chi connectivity index (χ1n) is 7.90. The number of aromatic carboxylic acids is 1. The highest BCUT2D eigenvalue weighted by molar-refractivity contribution is 5.87. The third-order valence-electron chi connectivity index (χ3n) is 4.44. The lowest BCUT2D eigenvalue weighted by molar-refractivity contribution is 0.0696. The maximum Gasteiger partial charge on any atom is 0.335 e. The highest BCUT2D eigenvalue weighted by atomic mass is 16.4. The first-order valence-corrected chi connectivity index (χ1v) is 7.90. The summed E-state index contributed by atoms with van der Waals surface area (Å²) >= 11 is 0. The van der Waals surface area contributed by atoms with Gasteiger partial charge in [-0.25, -0.2) is 9.48 Å². The van der Waals surface area contributed by atoms with Crippen LogP contribution >= 0.6 is 0 Å². The van der Waals surface area contributed by atoms with Crippen molar-refractivity contribution in [3.63, 3.8) is 0 Å². The Labute approximate surface area is 134 Å². The van der Waals surface area contributed by atoms with Gasteiger partial charge in [-0.15, -0.1) is 5.10 Å². The number of carbonyl (C=O) groups excluding carboxylic acids is 1. The van der Waals surface area contributed by atoms with Crippen LogP contribution in [0.15, 0.2) is 24.3 Å². The van der Waals surface area contributed by atoms with Gasteiger partial charge in [-0.1, -0.05) is 36.6 Å². The number of rotatable bonds is 5. The Balaban J connectivity index is 1.86. The van der Waals surface area contributed by atoms with Gasteiger partial charge in [0.25, 0.3) is 0 Å². The molecule has 3 rings (SSSR count). The number of aldehydes is 1. The second-order valence-electron chi connectivity index (χ2n) is 5.97. The molecule has 0 atom stereocenters. The highest BCUT2D eigenvalue weighted by Gasteiger charge is 2.24. The molecule has 0 bridgehead atoms. The first-order chi connectivity index (χ1) is 11.2. The predicted octanol–water partition coefficient (Wildman–Crippen LogP) is 2.88. The molecule has 1 aromatic carbocycles. The van der Waals surface area contributed by atoms with Crippen molar-refractivity contribution in [3.8, 4) is 0 Å². The molecule has 1 fully saturated rings. The number of benzene rings is 1. The van der Waals surface area contributed by atoms with Crippen LogP contribution in [-0.2, 0) is 6.54 Å². The number of carboxylic acid groups (broad SMARTS) is 1. The van der Waals surface area contributed by atoms with E-state index in [1.165, 1.54) is 19.3 Å². The average molecular weight is 313 g/mol. The summed E-state index contributed by atoms with van der Waals surface area (Å²) in [5.74, 6) is -0.610. The molecule has 1 N–H and O–H groups in total. The number of hydrogen-bond acceptors (Lipinski definition) is 4. The van der Waals surface area contributed by atoms with Gasteiger partial charge in [0.15, 0.2) is 6.29 Å². The number of carboxylic acids is 1. The van der Waals surface area contributed by atoms with Crippen molar-refractivity contribution >= 4 is 12.3 Å². The Morgan fingerprint density at radius 1 is 1.22 bits per heavy atom. The molecular formula is C17H19N3O3. The van der Waals surface area contributed by atoms with E-state index >= 15 is 0 Å². The SMILES string of the molecule is O=Cc1nnn(Cc2ccc(C(=O)O)cc2)c1C1CCCCC1. The van der Waals surface area contributed by atoms with E-state index in [9.17, 15) is 9.59 Å². The normalized spacial score (nSPS) is 15.5. The van der Waals surface area contributed by atoms with Gasteiger partial charge < -0.3 is 5.11 Å². The topological polar surface area (TPSA) is 85.1 Å². The second kappa shape index (κ2) is 6.73. The summed E-state index contributed by atoms with van der Waals surface area (Å²) in [5, 5.41) is 17.1. The maximum atomic E-state index is 11.3. The lowest BCUT2D eigenvalue weighted by Crippen LogP contribution is -2.14. The third-order valence-corrected chi connectivity index (χ3v) is 4.44. The summed E-state index contributed by atoms with van der Waals surface area (Å²) in [6.45, 7) is 0.493. The third kappa shape index (κ3) is 3.31. The van der Waals surface area contributed by atoms with Crippen LogP contribution in [0, 0.1) is 0 Å². The lowest BCUT2D eigenvalue weighted by Gasteiger charge is -2.22. The van der Waals surface area contributed by atoms with Gasteiger partial charge in [-0.2, -0.15) is 0 Å². The zero-order valence-electron chi connectivity index (χ0n) is 12.8. The fourth-order valence-corrected chi connectivity index (χ4v) is 3.26. The molecule has 0 aliphatic heterocycles. The van der Waals surface area contributed by atoms with Crippen molar-refractivity contribution in [2.75, 3.05) is 0 Å². The van der Waals surface area contributed by atoms with Crippen LogP contribution in [0.4, 0.5) is 0 Å². The van der Waals surface area contributed by atoms with Gasteiger partial charge in [-0.05, 0) is 30.5 Å². The Morgan fingerprint density at radius 3 is 2.52 bits per heavy atom. The van der Waals surface area contributed by atoms with E-state index in [1.54, 1.807) is 28.9 Å². The molecule has 1 heterocycles. The van der Waals surface area contributed by atoms with Gasteiger partial charge in [0.2, 0.25) is 0 Å². The smallest absolute Gasteiger partial charge is 0.335 e. The molecule has 6 heteroatoms. The van der Waals surface area contributed by atoms with Gasteiger partial charge in [0, 0.05) is 5.92 Å². The number of carbonyl (C=O) groups is 2. The Kier molecular flexibility index (Phi) is 4.50. The number of nitrogens with zero attached hydrogens (tertiary/aromatic N) is 3. The van der Waals surface area contributed by atoms with E-state index in [2.05, 4.69) is 10.3 Å². The summed E-state index contributed by atoms with van der Waals surface area (Å²) in [7, 11) is 0. The molecular weight excluding hydrogens is 294 g/mol. The highest BCUT2D eigenvalue weighted by Crippen LogP contribution is 2.33. The molecule has 1 aliphatic carbocycles. The van der Waals surface area contributed by atoms with Crippen molar-refractivity contribution in [2.24, 2.45) is 0 Å². The largest absolute Gasteiger partial charge is 0.478 e. The molecule has 0 amide bonds. The molecule has 1 saturated carbocycles. The minimum Gasteiger partial charge on any atom is -0.478 e. The van der Waals surface area contributed by atoms with E-state index in [0.29, 0.717) is 18.2 Å². The molecule has 120 valence electrons. The van der Waals surface area contributed by atoms with Crippen LogP contribution in [0.25, 0.3) is 0 Å². The summed E-state index contributed by atoms with van der Waals surface area (Å²) in [6.07, 6.45) is 6.48. The molecule has 0 unspecified atom stereocenters. The second-order valence-corrected chi connectivity index (χ2v) is 5.97.